The maximum atomic E-state index is 5.99. The van der Waals surface area contributed by atoms with Crippen molar-refractivity contribution in [2.45, 2.75) is 6.04 Å². The number of halogens is 1. The fraction of sp³-hybridized carbons (Fsp3) is 0.385. The maximum Gasteiger partial charge on any atom is 0.0472 e. The van der Waals surface area contributed by atoms with Gasteiger partial charge in [-0.15, -0.1) is 0 Å². The predicted octanol–water partition coefficient (Wildman–Crippen LogP) is 2.40. The Morgan fingerprint density at radius 2 is 2.29 bits per heavy atom. The molecule has 90 valence electrons. The van der Waals surface area contributed by atoms with Crippen LogP contribution in [0.1, 0.15) is 11.6 Å². The highest BCUT2D eigenvalue weighted by molar-refractivity contribution is 6.31. The lowest BCUT2D eigenvalue weighted by atomic mass is 10.0. The van der Waals surface area contributed by atoms with E-state index in [1.54, 1.807) is 0 Å². The van der Waals surface area contributed by atoms with Crippen molar-refractivity contribution in [1.29, 1.82) is 0 Å². The zero-order valence-corrected chi connectivity index (χ0v) is 10.6. The lowest BCUT2D eigenvalue weighted by molar-refractivity contribution is 0.241. The Morgan fingerprint density at radius 1 is 1.41 bits per heavy atom. The van der Waals surface area contributed by atoms with E-state index in [4.69, 9.17) is 11.6 Å². The quantitative estimate of drug-likeness (QED) is 0.813. The molecule has 0 amide bonds. The molecule has 17 heavy (non-hydrogen) atoms. The molecule has 1 saturated heterocycles. The van der Waals surface area contributed by atoms with E-state index in [0.29, 0.717) is 6.04 Å². The van der Waals surface area contributed by atoms with Crippen molar-refractivity contribution in [2.24, 2.45) is 0 Å². The first-order valence-corrected chi connectivity index (χ1v) is 6.30. The summed E-state index contributed by atoms with van der Waals surface area (Å²) in [6.45, 7) is 3.21. The number of rotatable bonds is 1. The highest BCUT2D eigenvalue weighted by atomic mass is 35.5. The van der Waals surface area contributed by atoms with Gasteiger partial charge >= 0.3 is 0 Å². The van der Waals surface area contributed by atoms with Crippen LogP contribution in [-0.4, -0.2) is 36.6 Å². The molecule has 4 heteroatoms. The van der Waals surface area contributed by atoms with E-state index < -0.39 is 0 Å². The first kappa shape index (κ1) is 11.1. The minimum atomic E-state index is 0.406. The van der Waals surface area contributed by atoms with Crippen LogP contribution in [-0.2, 0) is 0 Å². The van der Waals surface area contributed by atoms with Gasteiger partial charge in [0.2, 0.25) is 0 Å². The van der Waals surface area contributed by atoms with E-state index in [0.717, 1.165) is 30.2 Å². The number of fused-ring (bicyclic) bond motifs is 1. The van der Waals surface area contributed by atoms with E-state index in [1.165, 1.54) is 10.9 Å². The smallest absolute Gasteiger partial charge is 0.0472 e. The Bertz CT molecular complexity index is 534. The molecule has 0 saturated carbocycles. The van der Waals surface area contributed by atoms with Gasteiger partial charge in [0.15, 0.2) is 0 Å². The summed E-state index contributed by atoms with van der Waals surface area (Å²) in [6, 6.07) is 6.43. The molecular formula is C13H16ClN3. The number of aromatic amines is 1. The van der Waals surface area contributed by atoms with Crippen LogP contribution in [0, 0.1) is 0 Å². The fourth-order valence-electron chi connectivity index (χ4n) is 2.51. The number of likely N-dealkylation sites (N-methyl/N-ethyl adjacent to an activating group) is 1. The zero-order valence-electron chi connectivity index (χ0n) is 9.83. The molecule has 3 nitrogen and oxygen atoms in total. The van der Waals surface area contributed by atoms with Gasteiger partial charge in [-0.25, -0.2) is 0 Å². The molecule has 1 fully saturated rings. The monoisotopic (exact) mass is 249 g/mol. The van der Waals surface area contributed by atoms with Crippen molar-refractivity contribution in [1.82, 2.24) is 15.2 Å². The summed E-state index contributed by atoms with van der Waals surface area (Å²) in [4.78, 5) is 5.66. The fourth-order valence-corrected chi connectivity index (χ4v) is 2.69. The van der Waals surface area contributed by atoms with Gasteiger partial charge < -0.3 is 15.2 Å². The Labute approximate surface area is 106 Å². The third-order valence-corrected chi connectivity index (χ3v) is 3.66. The second-order valence-corrected chi connectivity index (χ2v) is 5.14. The molecule has 1 aromatic carbocycles. The molecule has 1 unspecified atom stereocenters. The topological polar surface area (TPSA) is 31.1 Å². The number of hydrogen-bond acceptors (Lipinski definition) is 2. The number of benzene rings is 1. The van der Waals surface area contributed by atoms with E-state index >= 15 is 0 Å². The van der Waals surface area contributed by atoms with Gasteiger partial charge in [-0.05, 0) is 24.7 Å². The molecule has 0 bridgehead atoms. The van der Waals surface area contributed by atoms with Crippen molar-refractivity contribution in [3.63, 3.8) is 0 Å². The maximum absolute atomic E-state index is 5.99. The first-order chi connectivity index (χ1) is 8.24. The average molecular weight is 250 g/mol. The van der Waals surface area contributed by atoms with Crippen LogP contribution in [0.25, 0.3) is 10.9 Å². The van der Waals surface area contributed by atoms with Crippen molar-refractivity contribution in [2.75, 3.05) is 26.7 Å². The SMILES string of the molecule is CN1CCNC(c2c[nH]c3cc(Cl)ccc23)C1. The molecule has 0 spiro atoms. The van der Waals surface area contributed by atoms with Gasteiger partial charge in [0.25, 0.3) is 0 Å². The molecule has 1 atom stereocenters. The normalized spacial score (nSPS) is 22.1. The summed E-state index contributed by atoms with van der Waals surface area (Å²) in [5, 5.41) is 5.61. The second-order valence-electron chi connectivity index (χ2n) is 4.70. The van der Waals surface area contributed by atoms with Gasteiger partial charge in [-0.2, -0.15) is 0 Å². The molecule has 1 aromatic heterocycles. The van der Waals surface area contributed by atoms with Crippen molar-refractivity contribution < 1.29 is 0 Å². The van der Waals surface area contributed by atoms with Crippen LogP contribution >= 0.6 is 11.6 Å². The van der Waals surface area contributed by atoms with Crippen LogP contribution < -0.4 is 5.32 Å². The number of hydrogen-bond donors (Lipinski definition) is 2. The number of nitrogens with zero attached hydrogens (tertiary/aromatic N) is 1. The van der Waals surface area contributed by atoms with E-state index in [1.807, 2.05) is 12.1 Å². The molecule has 2 heterocycles. The largest absolute Gasteiger partial charge is 0.361 e. The molecule has 2 N–H and O–H groups in total. The van der Waals surface area contributed by atoms with E-state index in [-0.39, 0.29) is 0 Å². The summed E-state index contributed by atoms with van der Waals surface area (Å²) in [5.74, 6) is 0. The van der Waals surface area contributed by atoms with Crippen LogP contribution in [0.5, 0.6) is 0 Å². The van der Waals surface area contributed by atoms with Crippen LogP contribution in [0.4, 0.5) is 0 Å². The minimum Gasteiger partial charge on any atom is -0.361 e. The van der Waals surface area contributed by atoms with Gasteiger partial charge in [-0.3, -0.25) is 0 Å². The van der Waals surface area contributed by atoms with E-state index in [2.05, 4.69) is 34.5 Å². The Hall–Kier alpha value is -1.03. The molecule has 1 aliphatic rings. The Balaban J connectivity index is 1.99. The predicted molar refractivity (Wildman–Crippen MR) is 71.5 cm³/mol. The Morgan fingerprint density at radius 3 is 3.12 bits per heavy atom. The molecule has 0 aliphatic carbocycles. The second kappa shape index (κ2) is 4.33. The van der Waals surface area contributed by atoms with Gasteiger partial charge in [0.05, 0.1) is 0 Å². The lowest BCUT2D eigenvalue weighted by Gasteiger charge is -2.30. The third-order valence-electron chi connectivity index (χ3n) is 3.43. The van der Waals surface area contributed by atoms with Gasteiger partial charge in [0.1, 0.15) is 0 Å². The first-order valence-electron chi connectivity index (χ1n) is 5.92. The molecule has 3 rings (SSSR count). The van der Waals surface area contributed by atoms with Crippen molar-refractivity contribution >= 4 is 22.5 Å². The number of aromatic nitrogens is 1. The summed E-state index contributed by atoms with van der Waals surface area (Å²) < 4.78 is 0. The molecule has 0 radical (unpaired) electrons. The zero-order chi connectivity index (χ0) is 11.8. The molecule has 1 aliphatic heterocycles. The minimum absolute atomic E-state index is 0.406. The number of nitrogens with one attached hydrogen (secondary N) is 2. The summed E-state index contributed by atoms with van der Waals surface area (Å²) in [7, 11) is 2.17. The van der Waals surface area contributed by atoms with Crippen molar-refractivity contribution in [3.05, 3.63) is 35.0 Å². The van der Waals surface area contributed by atoms with Crippen LogP contribution in [0.3, 0.4) is 0 Å². The third kappa shape index (κ3) is 2.06. The van der Waals surface area contributed by atoms with Gasteiger partial charge in [-0.1, -0.05) is 17.7 Å². The average Bonchev–Trinajstić information content (AvgIpc) is 2.71. The number of H-pyrrole nitrogens is 1. The van der Waals surface area contributed by atoms with Gasteiger partial charge in [0, 0.05) is 47.8 Å². The highest BCUT2D eigenvalue weighted by Gasteiger charge is 2.20. The Kier molecular flexibility index (Phi) is 2.82. The standard InChI is InChI=1S/C13H16ClN3/c1-17-5-4-15-13(8-17)11-7-16-12-6-9(14)2-3-10(11)12/h2-3,6-7,13,15-16H,4-5,8H2,1H3. The summed E-state index contributed by atoms with van der Waals surface area (Å²) in [6.07, 6.45) is 2.10. The molecular weight excluding hydrogens is 234 g/mol. The summed E-state index contributed by atoms with van der Waals surface area (Å²) >= 11 is 5.99. The lowest BCUT2D eigenvalue weighted by Crippen LogP contribution is -2.43. The van der Waals surface area contributed by atoms with E-state index in [9.17, 15) is 0 Å². The van der Waals surface area contributed by atoms with Crippen molar-refractivity contribution in [3.8, 4) is 0 Å². The number of piperazine rings is 1. The van der Waals surface area contributed by atoms with Crippen LogP contribution in [0.15, 0.2) is 24.4 Å². The highest BCUT2D eigenvalue weighted by Crippen LogP contribution is 2.27. The summed E-state index contributed by atoms with van der Waals surface area (Å²) in [5.41, 5.74) is 2.45. The van der Waals surface area contributed by atoms with Crippen LogP contribution in [0.2, 0.25) is 5.02 Å². The molecule has 2 aromatic rings.